The van der Waals surface area contributed by atoms with E-state index < -0.39 is 5.91 Å². The number of anilines is 1. The highest BCUT2D eigenvalue weighted by molar-refractivity contribution is 6.10. The SMILES string of the molecule is COc1cc(/C=C(\C#N)C(=O)Nc2cc(C)ccc2C)ccc1Cc1cc(C)cc(C)c1. The van der Waals surface area contributed by atoms with Crippen LogP contribution in [0.4, 0.5) is 5.69 Å². The Balaban J connectivity index is 1.85. The largest absolute Gasteiger partial charge is 0.496 e. The minimum absolute atomic E-state index is 0.0371. The van der Waals surface area contributed by atoms with Crippen molar-refractivity contribution in [1.82, 2.24) is 0 Å². The molecule has 0 atom stereocenters. The Morgan fingerprint density at radius 3 is 2.34 bits per heavy atom. The zero-order valence-corrected chi connectivity index (χ0v) is 19.2. The van der Waals surface area contributed by atoms with E-state index in [9.17, 15) is 10.1 Å². The van der Waals surface area contributed by atoms with Crippen LogP contribution >= 0.6 is 0 Å². The highest BCUT2D eigenvalue weighted by Gasteiger charge is 2.12. The number of hydrogen-bond acceptors (Lipinski definition) is 3. The van der Waals surface area contributed by atoms with E-state index in [0.717, 1.165) is 34.4 Å². The Labute approximate surface area is 190 Å². The molecule has 3 aromatic rings. The molecular weight excluding hydrogens is 396 g/mol. The highest BCUT2D eigenvalue weighted by atomic mass is 16.5. The number of hydrogen-bond donors (Lipinski definition) is 1. The molecule has 0 spiro atoms. The van der Waals surface area contributed by atoms with Crippen molar-refractivity contribution in [3.8, 4) is 11.8 Å². The van der Waals surface area contributed by atoms with Gasteiger partial charge < -0.3 is 10.1 Å². The summed E-state index contributed by atoms with van der Waals surface area (Å²) < 4.78 is 5.61. The normalized spacial score (nSPS) is 11.1. The van der Waals surface area contributed by atoms with Gasteiger partial charge in [-0.3, -0.25) is 4.79 Å². The molecule has 0 saturated carbocycles. The van der Waals surface area contributed by atoms with Crippen molar-refractivity contribution in [2.75, 3.05) is 12.4 Å². The van der Waals surface area contributed by atoms with Crippen molar-refractivity contribution in [1.29, 1.82) is 5.26 Å². The minimum atomic E-state index is -0.431. The summed E-state index contributed by atoms with van der Waals surface area (Å²) in [5.74, 6) is 0.296. The summed E-state index contributed by atoms with van der Waals surface area (Å²) in [6.45, 7) is 8.06. The first-order chi connectivity index (χ1) is 15.3. The van der Waals surface area contributed by atoms with Gasteiger partial charge in [0.2, 0.25) is 0 Å². The number of aryl methyl sites for hydroxylation is 4. The predicted octanol–water partition coefficient (Wildman–Crippen LogP) is 6.07. The van der Waals surface area contributed by atoms with Crippen molar-refractivity contribution in [3.63, 3.8) is 0 Å². The smallest absolute Gasteiger partial charge is 0.266 e. The molecule has 0 fully saturated rings. The zero-order chi connectivity index (χ0) is 23.3. The van der Waals surface area contributed by atoms with Gasteiger partial charge in [-0.25, -0.2) is 0 Å². The van der Waals surface area contributed by atoms with Gasteiger partial charge in [0.15, 0.2) is 0 Å². The molecule has 0 heterocycles. The first-order valence-electron chi connectivity index (χ1n) is 10.5. The molecule has 0 aliphatic carbocycles. The van der Waals surface area contributed by atoms with Crippen LogP contribution in [0.25, 0.3) is 6.08 Å². The summed E-state index contributed by atoms with van der Waals surface area (Å²) in [6, 6.07) is 20.1. The molecule has 32 heavy (non-hydrogen) atoms. The molecule has 0 unspecified atom stereocenters. The fraction of sp³-hybridized carbons (Fsp3) is 0.214. The van der Waals surface area contributed by atoms with E-state index >= 15 is 0 Å². The van der Waals surface area contributed by atoms with Crippen molar-refractivity contribution < 1.29 is 9.53 Å². The third kappa shape index (κ3) is 5.65. The van der Waals surface area contributed by atoms with E-state index in [1.165, 1.54) is 16.7 Å². The van der Waals surface area contributed by atoms with E-state index in [2.05, 4.69) is 37.4 Å². The lowest BCUT2D eigenvalue weighted by molar-refractivity contribution is -0.112. The molecule has 0 radical (unpaired) electrons. The molecule has 0 aliphatic rings. The third-order valence-electron chi connectivity index (χ3n) is 5.30. The molecule has 162 valence electrons. The topological polar surface area (TPSA) is 62.1 Å². The highest BCUT2D eigenvalue weighted by Crippen LogP contribution is 2.26. The van der Waals surface area contributed by atoms with Gasteiger partial charge in [0.25, 0.3) is 5.91 Å². The van der Waals surface area contributed by atoms with Crippen molar-refractivity contribution in [2.45, 2.75) is 34.1 Å². The summed E-state index contributed by atoms with van der Waals surface area (Å²) in [5.41, 5.74) is 8.18. The number of carbonyl (C=O) groups is 1. The van der Waals surface area contributed by atoms with Crippen LogP contribution in [-0.2, 0) is 11.2 Å². The van der Waals surface area contributed by atoms with Crippen molar-refractivity contribution in [3.05, 3.63) is 99.1 Å². The second kappa shape index (κ2) is 9.98. The number of ether oxygens (including phenoxy) is 1. The summed E-state index contributed by atoms with van der Waals surface area (Å²) in [6.07, 6.45) is 2.33. The average molecular weight is 425 g/mol. The van der Waals surface area contributed by atoms with Gasteiger partial charge in [0.1, 0.15) is 17.4 Å². The molecule has 3 rings (SSSR count). The summed E-state index contributed by atoms with van der Waals surface area (Å²) in [7, 11) is 1.63. The molecule has 0 aliphatic heterocycles. The maximum absolute atomic E-state index is 12.7. The van der Waals surface area contributed by atoms with Crippen LogP contribution < -0.4 is 10.1 Å². The molecule has 0 saturated heterocycles. The Bertz CT molecular complexity index is 1210. The first-order valence-corrected chi connectivity index (χ1v) is 10.5. The van der Waals surface area contributed by atoms with Gasteiger partial charge in [0, 0.05) is 12.1 Å². The number of nitrogens with zero attached hydrogens (tertiary/aromatic N) is 1. The summed E-state index contributed by atoms with van der Waals surface area (Å²) >= 11 is 0. The lowest BCUT2D eigenvalue weighted by Crippen LogP contribution is -2.14. The lowest BCUT2D eigenvalue weighted by Gasteiger charge is -2.12. The average Bonchev–Trinajstić information content (AvgIpc) is 2.74. The van der Waals surface area contributed by atoms with Crippen LogP contribution in [0.1, 0.15) is 38.9 Å². The third-order valence-corrected chi connectivity index (χ3v) is 5.30. The monoisotopic (exact) mass is 424 g/mol. The standard InChI is InChI=1S/C28H28N2O2/c1-18-6-7-21(4)26(13-18)30-28(31)25(17-29)14-22-8-9-24(27(16-22)32-5)15-23-11-19(2)10-20(3)12-23/h6-14,16H,15H2,1-5H3,(H,30,31)/b25-14+. The van der Waals surface area contributed by atoms with Crippen LogP contribution in [0.2, 0.25) is 0 Å². The number of carbonyl (C=O) groups excluding carboxylic acids is 1. The number of benzene rings is 3. The Hall–Kier alpha value is -3.84. The van der Waals surface area contributed by atoms with Gasteiger partial charge in [-0.1, -0.05) is 53.6 Å². The zero-order valence-electron chi connectivity index (χ0n) is 19.2. The number of rotatable bonds is 6. The maximum Gasteiger partial charge on any atom is 0.266 e. The molecule has 4 heteroatoms. The number of amides is 1. The van der Waals surface area contributed by atoms with Gasteiger partial charge in [0.05, 0.1) is 7.11 Å². The number of nitrogens with one attached hydrogen (secondary N) is 1. The fourth-order valence-corrected chi connectivity index (χ4v) is 3.76. The van der Waals surface area contributed by atoms with E-state index in [-0.39, 0.29) is 5.57 Å². The van der Waals surface area contributed by atoms with Crippen molar-refractivity contribution >= 4 is 17.7 Å². The van der Waals surface area contributed by atoms with E-state index in [0.29, 0.717) is 5.69 Å². The van der Waals surface area contributed by atoms with E-state index in [1.807, 2.05) is 56.3 Å². The van der Waals surface area contributed by atoms with Gasteiger partial charge in [-0.15, -0.1) is 0 Å². The number of methoxy groups -OCH3 is 1. The Morgan fingerprint density at radius 1 is 0.969 bits per heavy atom. The van der Waals surface area contributed by atoms with Crippen LogP contribution in [0.5, 0.6) is 5.75 Å². The second-order valence-corrected chi connectivity index (χ2v) is 8.19. The maximum atomic E-state index is 12.7. The number of nitriles is 1. The minimum Gasteiger partial charge on any atom is -0.496 e. The lowest BCUT2D eigenvalue weighted by atomic mass is 9.98. The quantitative estimate of drug-likeness (QED) is 0.386. The molecule has 4 nitrogen and oxygen atoms in total. The Kier molecular flexibility index (Phi) is 7.12. The van der Waals surface area contributed by atoms with Crippen LogP contribution in [-0.4, -0.2) is 13.0 Å². The van der Waals surface area contributed by atoms with Gasteiger partial charge >= 0.3 is 0 Å². The fourth-order valence-electron chi connectivity index (χ4n) is 3.76. The van der Waals surface area contributed by atoms with Gasteiger partial charge in [-0.05, 0) is 73.7 Å². The van der Waals surface area contributed by atoms with Crippen LogP contribution in [0.3, 0.4) is 0 Å². The van der Waals surface area contributed by atoms with Crippen LogP contribution in [0, 0.1) is 39.0 Å². The first kappa shape index (κ1) is 22.8. The summed E-state index contributed by atoms with van der Waals surface area (Å²) in [5, 5.41) is 12.4. The second-order valence-electron chi connectivity index (χ2n) is 8.19. The predicted molar refractivity (Wildman–Crippen MR) is 130 cm³/mol. The molecule has 1 N–H and O–H groups in total. The molecule has 0 aromatic heterocycles. The van der Waals surface area contributed by atoms with E-state index in [1.54, 1.807) is 13.2 Å². The van der Waals surface area contributed by atoms with Crippen molar-refractivity contribution in [2.24, 2.45) is 0 Å². The van der Waals surface area contributed by atoms with Crippen LogP contribution in [0.15, 0.2) is 60.2 Å². The molecule has 3 aromatic carbocycles. The van der Waals surface area contributed by atoms with E-state index in [4.69, 9.17) is 4.74 Å². The summed E-state index contributed by atoms with van der Waals surface area (Å²) in [4.78, 5) is 12.7. The molecule has 1 amide bonds. The Morgan fingerprint density at radius 2 is 1.69 bits per heavy atom. The molecule has 0 bridgehead atoms. The molecular formula is C28H28N2O2. The van der Waals surface area contributed by atoms with Gasteiger partial charge in [-0.2, -0.15) is 5.26 Å².